The maximum absolute atomic E-state index is 5.49. The van der Waals surface area contributed by atoms with E-state index in [0.717, 1.165) is 21.9 Å². The van der Waals surface area contributed by atoms with Gasteiger partial charge in [0.1, 0.15) is 0 Å². The van der Waals surface area contributed by atoms with Crippen molar-refractivity contribution in [3.05, 3.63) is 24.5 Å². The Balaban J connectivity index is 2.14. The molecule has 7 nitrogen and oxygen atoms in total. The number of thiocarbonyl (C=S) groups is 1. The van der Waals surface area contributed by atoms with E-state index in [0.29, 0.717) is 5.89 Å². The van der Waals surface area contributed by atoms with Crippen molar-refractivity contribution in [3.8, 4) is 11.5 Å². The highest BCUT2D eigenvalue weighted by Gasteiger charge is 2.12. The molecular weight excluding hydrogens is 260 g/mol. The highest BCUT2D eigenvalue weighted by atomic mass is 32.2. The quantitative estimate of drug-likeness (QED) is 0.357. The van der Waals surface area contributed by atoms with Crippen molar-refractivity contribution in [2.24, 2.45) is 11.6 Å². The number of nitrogens with two attached hydrogens (primary N) is 2. The average molecular weight is 268 g/mol. The molecule has 0 atom stereocenters. The molecule has 0 aliphatic rings. The molecule has 88 valence electrons. The van der Waals surface area contributed by atoms with Crippen molar-refractivity contribution in [3.63, 3.8) is 0 Å². The Bertz CT molecular complexity index is 516. The topological polar surface area (TPSA) is 107 Å². The van der Waals surface area contributed by atoms with Gasteiger partial charge in [0.25, 0.3) is 5.22 Å². The first-order valence-electron chi connectivity index (χ1n) is 4.43. The average Bonchev–Trinajstić information content (AvgIpc) is 2.78. The van der Waals surface area contributed by atoms with E-state index in [-0.39, 0.29) is 10.3 Å². The second kappa shape index (κ2) is 5.08. The largest absolute Gasteiger partial charge is 0.410 e. The first kappa shape index (κ1) is 11.8. The summed E-state index contributed by atoms with van der Waals surface area (Å²) in [5, 5.41) is 7.93. The van der Waals surface area contributed by atoms with Crippen LogP contribution in [-0.2, 0) is 0 Å². The van der Waals surface area contributed by atoms with Crippen LogP contribution in [0.4, 0.5) is 0 Å². The first-order valence-corrected chi connectivity index (χ1v) is 5.61. The summed E-state index contributed by atoms with van der Waals surface area (Å²) in [6, 6.07) is 3.58. The summed E-state index contributed by atoms with van der Waals surface area (Å²) in [5.74, 6) is 5.84. The van der Waals surface area contributed by atoms with Gasteiger partial charge >= 0.3 is 0 Å². The van der Waals surface area contributed by atoms with Crippen LogP contribution in [0.5, 0.6) is 0 Å². The van der Waals surface area contributed by atoms with Crippen LogP contribution in [0.2, 0.25) is 0 Å². The summed E-state index contributed by atoms with van der Waals surface area (Å²) >= 11 is 5.63. The lowest BCUT2D eigenvalue weighted by Gasteiger charge is -2.10. The SMILES string of the molecule is NC(=S)N(N)Sc1nnc(-c2cccnc2)o1. The van der Waals surface area contributed by atoms with Crippen molar-refractivity contribution in [1.29, 1.82) is 0 Å². The van der Waals surface area contributed by atoms with Crippen molar-refractivity contribution >= 4 is 29.3 Å². The van der Waals surface area contributed by atoms with Gasteiger partial charge in [-0.05, 0) is 24.4 Å². The van der Waals surface area contributed by atoms with Gasteiger partial charge in [-0.25, -0.2) is 10.3 Å². The molecule has 2 rings (SSSR count). The fraction of sp³-hybridized carbons (Fsp3) is 0. The molecule has 2 heterocycles. The molecule has 0 aliphatic carbocycles. The number of rotatable bonds is 3. The van der Waals surface area contributed by atoms with Gasteiger partial charge in [0, 0.05) is 12.4 Å². The third kappa shape index (κ3) is 2.90. The molecule has 0 fully saturated rings. The van der Waals surface area contributed by atoms with E-state index < -0.39 is 0 Å². The van der Waals surface area contributed by atoms with Crippen molar-refractivity contribution in [1.82, 2.24) is 19.6 Å². The molecule has 0 radical (unpaired) electrons. The van der Waals surface area contributed by atoms with Crippen molar-refractivity contribution in [2.75, 3.05) is 0 Å². The summed E-state index contributed by atoms with van der Waals surface area (Å²) in [5.41, 5.74) is 6.04. The van der Waals surface area contributed by atoms with Gasteiger partial charge in [-0.2, -0.15) is 0 Å². The standard InChI is InChI=1S/C8H8N6OS2/c9-7(16)14(10)17-8-13-12-6(15-8)5-2-1-3-11-4-5/h1-4H,10H2,(H2,9,16). The monoisotopic (exact) mass is 268 g/mol. The first-order chi connectivity index (χ1) is 8.16. The lowest BCUT2D eigenvalue weighted by Crippen LogP contribution is -2.35. The van der Waals surface area contributed by atoms with Gasteiger partial charge in [-0.1, -0.05) is 5.10 Å². The van der Waals surface area contributed by atoms with E-state index in [2.05, 4.69) is 27.4 Å². The second-order valence-corrected chi connectivity index (χ2v) is 4.21. The Morgan fingerprint density at radius 2 is 2.29 bits per heavy atom. The van der Waals surface area contributed by atoms with Gasteiger partial charge < -0.3 is 10.2 Å². The van der Waals surface area contributed by atoms with Crippen LogP contribution in [0, 0.1) is 0 Å². The predicted octanol–water partition coefficient (Wildman–Crippen LogP) is 0.558. The molecule has 0 aliphatic heterocycles. The van der Waals surface area contributed by atoms with Gasteiger partial charge in [0.15, 0.2) is 5.11 Å². The molecule has 9 heteroatoms. The molecular formula is C8H8N6OS2. The zero-order chi connectivity index (χ0) is 12.3. The van der Waals surface area contributed by atoms with E-state index in [1.807, 2.05) is 6.07 Å². The Morgan fingerprint density at radius 1 is 1.47 bits per heavy atom. The van der Waals surface area contributed by atoms with Gasteiger partial charge in [0.05, 0.1) is 17.5 Å². The molecule has 4 N–H and O–H groups in total. The highest BCUT2D eigenvalue weighted by Crippen LogP contribution is 2.23. The molecule has 0 saturated heterocycles. The van der Waals surface area contributed by atoms with Crippen LogP contribution in [-0.4, -0.2) is 24.7 Å². The van der Waals surface area contributed by atoms with Crippen LogP contribution in [0.15, 0.2) is 34.2 Å². The molecule has 0 bridgehead atoms. The molecule has 0 spiro atoms. The third-order valence-electron chi connectivity index (χ3n) is 1.71. The van der Waals surface area contributed by atoms with Gasteiger partial charge in [-0.3, -0.25) is 4.98 Å². The number of hydrazine groups is 1. The molecule has 2 aromatic rings. The number of hydrogen-bond donors (Lipinski definition) is 2. The lowest BCUT2D eigenvalue weighted by molar-refractivity contribution is 0.460. The summed E-state index contributed by atoms with van der Waals surface area (Å²) in [6.45, 7) is 0. The van der Waals surface area contributed by atoms with Crippen LogP contribution >= 0.6 is 24.2 Å². The van der Waals surface area contributed by atoms with E-state index in [9.17, 15) is 0 Å². The predicted molar refractivity (Wildman–Crippen MR) is 66.2 cm³/mol. The Morgan fingerprint density at radius 3 is 2.94 bits per heavy atom. The Hall–Kier alpha value is -1.71. The van der Waals surface area contributed by atoms with E-state index in [1.165, 1.54) is 0 Å². The zero-order valence-electron chi connectivity index (χ0n) is 8.48. The van der Waals surface area contributed by atoms with Gasteiger partial charge in [0.2, 0.25) is 5.89 Å². The van der Waals surface area contributed by atoms with Crippen LogP contribution in [0.25, 0.3) is 11.5 Å². The Kier molecular flexibility index (Phi) is 3.52. The molecule has 2 aromatic heterocycles. The highest BCUT2D eigenvalue weighted by molar-refractivity contribution is 7.98. The molecule has 0 amide bonds. The zero-order valence-corrected chi connectivity index (χ0v) is 10.1. The minimum atomic E-state index is 0.0242. The normalized spacial score (nSPS) is 10.2. The van der Waals surface area contributed by atoms with Crippen molar-refractivity contribution < 1.29 is 4.42 Å². The number of nitrogens with zero attached hydrogens (tertiary/aromatic N) is 4. The fourth-order valence-corrected chi connectivity index (χ4v) is 1.55. The second-order valence-electron chi connectivity index (χ2n) is 2.87. The van der Waals surface area contributed by atoms with Crippen LogP contribution in [0.1, 0.15) is 0 Å². The maximum Gasteiger partial charge on any atom is 0.299 e. The number of hydrogen-bond acceptors (Lipinski definition) is 7. The van der Waals surface area contributed by atoms with Crippen LogP contribution in [0.3, 0.4) is 0 Å². The summed E-state index contributed by atoms with van der Waals surface area (Å²) < 4.78 is 6.42. The summed E-state index contributed by atoms with van der Waals surface area (Å²) in [6.07, 6.45) is 3.28. The minimum Gasteiger partial charge on any atom is -0.410 e. The van der Waals surface area contributed by atoms with E-state index >= 15 is 0 Å². The number of aromatic nitrogens is 3. The van der Waals surface area contributed by atoms with Gasteiger partial charge in [-0.15, -0.1) is 5.10 Å². The van der Waals surface area contributed by atoms with E-state index in [4.69, 9.17) is 16.0 Å². The lowest BCUT2D eigenvalue weighted by atomic mass is 10.3. The summed E-state index contributed by atoms with van der Waals surface area (Å²) in [4.78, 5) is 3.95. The number of pyridine rings is 1. The molecule has 0 saturated carbocycles. The van der Waals surface area contributed by atoms with E-state index in [1.54, 1.807) is 18.5 Å². The smallest absolute Gasteiger partial charge is 0.299 e. The molecule has 0 aromatic carbocycles. The fourth-order valence-electron chi connectivity index (χ4n) is 0.982. The minimum absolute atomic E-state index is 0.0242. The van der Waals surface area contributed by atoms with Crippen LogP contribution < -0.4 is 11.6 Å². The van der Waals surface area contributed by atoms with Crippen molar-refractivity contribution in [2.45, 2.75) is 5.22 Å². The maximum atomic E-state index is 5.49. The third-order valence-corrected chi connectivity index (χ3v) is 2.74. The molecule has 17 heavy (non-hydrogen) atoms. The summed E-state index contributed by atoms with van der Waals surface area (Å²) in [7, 11) is 0. The molecule has 0 unspecified atom stereocenters. The Labute approximate surface area is 106 Å².